The van der Waals surface area contributed by atoms with Crippen molar-refractivity contribution < 1.29 is 0 Å². The first-order valence-electron chi connectivity index (χ1n) is 17.5. The van der Waals surface area contributed by atoms with Crippen molar-refractivity contribution in [2.75, 3.05) is 9.80 Å². The minimum Gasteiger partial charge on any atom is -0.310 e. The second kappa shape index (κ2) is 12.8. The molecule has 2 nitrogen and oxygen atoms in total. The van der Waals surface area contributed by atoms with Gasteiger partial charge >= 0.3 is 0 Å². The number of anilines is 6. The Kier molecular flexibility index (Phi) is 7.56. The first kappa shape index (κ1) is 30.6. The molecule has 0 spiro atoms. The van der Waals surface area contributed by atoms with E-state index in [0.717, 1.165) is 34.1 Å². The Morgan fingerprint density at radius 2 is 0.673 bits per heavy atom. The van der Waals surface area contributed by atoms with Crippen LogP contribution in [0, 0.1) is 0 Å². The van der Waals surface area contributed by atoms with E-state index in [-0.39, 0.29) is 0 Å². The van der Waals surface area contributed by atoms with Crippen LogP contribution in [0.3, 0.4) is 0 Å². The first-order valence-corrected chi connectivity index (χ1v) is 19.1. The van der Waals surface area contributed by atoms with Crippen molar-refractivity contribution >= 4 is 97.1 Å². The van der Waals surface area contributed by atoms with Gasteiger partial charge in [-0.15, -0.1) is 22.7 Å². The number of rotatable bonds is 7. The van der Waals surface area contributed by atoms with Crippen molar-refractivity contribution in [3.05, 3.63) is 194 Å². The Balaban J connectivity index is 1.03. The summed E-state index contributed by atoms with van der Waals surface area (Å²) in [4.78, 5) is 4.69. The maximum Gasteiger partial charge on any atom is 0.0476 e. The Morgan fingerprint density at radius 1 is 0.250 bits per heavy atom. The van der Waals surface area contributed by atoms with Crippen LogP contribution in [0.25, 0.3) is 51.5 Å². The van der Waals surface area contributed by atoms with Crippen molar-refractivity contribution in [3.63, 3.8) is 0 Å². The SMILES string of the molecule is c1ccc(N(c2ccc(-c3ccc4sc5ccc(N(c6ccccc6)c6ccccc6)cc5c4c3)cc2)c2ccc3c(c2)sc2ccccc23)cc1. The molecule has 10 aromatic rings. The number of nitrogens with zero attached hydrogens (tertiary/aromatic N) is 2. The van der Waals surface area contributed by atoms with Crippen LogP contribution < -0.4 is 9.80 Å². The normalized spacial score (nSPS) is 11.5. The van der Waals surface area contributed by atoms with E-state index in [1.807, 2.05) is 22.7 Å². The number of hydrogen-bond donors (Lipinski definition) is 0. The Hall–Kier alpha value is -6.20. The van der Waals surface area contributed by atoms with Crippen molar-refractivity contribution in [2.24, 2.45) is 0 Å². The summed E-state index contributed by atoms with van der Waals surface area (Å²) in [7, 11) is 0. The van der Waals surface area contributed by atoms with E-state index in [2.05, 4.69) is 204 Å². The van der Waals surface area contributed by atoms with Crippen LogP contribution in [-0.4, -0.2) is 0 Å². The van der Waals surface area contributed by atoms with Crippen molar-refractivity contribution in [3.8, 4) is 11.1 Å². The molecule has 0 fully saturated rings. The van der Waals surface area contributed by atoms with Crippen molar-refractivity contribution in [1.29, 1.82) is 0 Å². The molecular formula is C48H32N2S2. The lowest BCUT2D eigenvalue weighted by Gasteiger charge is -2.25. The fourth-order valence-corrected chi connectivity index (χ4v) is 9.57. The predicted octanol–water partition coefficient (Wildman–Crippen LogP) is 15.0. The second-order valence-electron chi connectivity index (χ2n) is 13.0. The van der Waals surface area contributed by atoms with Gasteiger partial charge < -0.3 is 9.80 Å². The van der Waals surface area contributed by atoms with E-state index in [4.69, 9.17) is 0 Å². The zero-order chi connectivity index (χ0) is 34.4. The van der Waals surface area contributed by atoms with Gasteiger partial charge in [0, 0.05) is 74.5 Å². The second-order valence-corrected chi connectivity index (χ2v) is 15.2. The monoisotopic (exact) mass is 700 g/mol. The smallest absolute Gasteiger partial charge is 0.0476 e. The van der Waals surface area contributed by atoms with Gasteiger partial charge in [0.15, 0.2) is 0 Å². The molecule has 0 atom stereocenters. The average molecular weight is 701 g/mol. The van der Waals surface area contributed by atoms with Crippen LogP contribution in [0.15, 0.2) is 194 Å². The topological polar surface area (TPSA) is 6.48 Å². The third kappa shape index (κ3) is 5.41. The molecule has 2 heterocycles. The van der Waals surface area contributed by atoms with Gasteiger partial charge in [0.25, 0.3) is 0 Å². The van der Waals surface area contributed by atoms with Gasteiger partial charge in [-0.3, -0.25) is 0 Å². The predicted molar refractivity (Wildman–Crippen MR) is 227 cm³/mol. The lowest BCUT2D eigenvalue weighted by atomic mass is 10.0. The summed E-state index contributed by atoms with van der Waals surface area (Å²) >= 11 is 3.71. The summed E-state index contributed by atoms with van der Waals surface area (Å²) in [6.07, 6.45) is 0. The van der Waals surface area contributed by atoms with E-state index in [1.54, 1.807) is 0 Å². The van der Waals surface area contributed by atoms with E-state index < -0.39 is 0 Å². The molecule has 0 aliphatic rings. The van der Waals surface area contributed by atoms with Crippen LogP contribution in [0.4, 0.5) is 34.1 Å². The third-order valence-corrected chi connectivity index (χ3v) is 12.1. The van der Waals surface area contributed by atoms with Gasteiger partial charge in [-0.1, -0.05) is 97.1 Å². The quantitative estimate of drug-likeness (QED) is 0.163. The Labute approximate surface area is 310 Å². The lowest BCUT2D eigenvalue weighted by molar-refractivity contribution is 1.29. The van der Waals surface area contributed by atoms with Crippen LogP contribution in [0.2, 0.25) is 0 Å². The minimum absolute atomic E-state index is 1.13. The molecule has 2 aromatic heterocycles. The fourth-order valence-electron chi connectivity index (χ4n) is 7.37. The minimum atomic E-state index is 1.13. The van der Waals surface area contributed by atoms with Crippen LogP contribution in [-0.2, 0) is 0 Å². The summed E-state index contributed by atoms with van der Waals surface area (Å²) in [5.41, 5.74) is 9.26. The molecule has 0 bridgehead atoms. The Morgan fingerprint density at radius 3 is 1.33 bits per heavy atom. The molecule has 246 valence electrons. The lowest BCUT2D eigenvalue weighted by Crippen LogP contribution is -2.09. The van der Waals surface area contributed by atoms with Gasteiger partial charge in [0.05, 0.1) is 0 Å². The van der Waals surface area contributed by atoms with Gasteiger partial charge in [-0.25, -0.2) is 0 Å². The highest BCUT2D eigenvalue weighted by Crippen LogP contribution is 2.43. The molecule has 0 saturated carbocycles. The van der Waals surface area contributed by atoms with Gasteiger partial charge in [0.2, 0.25) is 0 Å². The maximum atomic E-state index is 2.37. The summed E-state index contributed by atoms with van der Waals surface area (Å²) in [5, 5.41) is 5.19. The van der Waals surface area contributed by atoms with E-state index in [9.17, 15) is 0 Å². The fraction of sp³-hybridized carbons (Fsp3) is 0. The zero-order valence-corrected chi connectivity index (χ0v) is 29.8. The highest BCUT2D eigenvalue weighted by molar-refractivity contribution is 7.26. The molecule has 0 amide bonds. The van der Waals surface area contributed by atoms with E-state index in [0.29, 0.717) is 0 Å². The average Bonchev–Trinajstić information content (AvgIpc) is 3.77. The largest absolute Gasteiger partial charge is 0.310 e. The molecule has 0 aliphatic carbocycles. The number of hydrogen-bond acceptors (Lipinski definition) is 4. The highest BCUT2D eigenvalue weighted by Gasteiger charge is 2.17. The molecular weight excluding hydrogens is 669 g/mol. The van der Waals surface area contributed by atoms with Gasteiger partial charge in [-0.05, 0) is 108 Å². The molecule has 0 N–H and O–H groups in total. The molecule has 8 aromatic carbocycles. The first-order chi connectivity index (χ1) is 25.8. The summed E-state index contributed by atoms with van der Waals surface area (Å²) < 4.78 is 5.21. The van der Waals surface area contributed by atoms with Crippen molar-refractivity contribution in [1.82, 2.24) is 0 Å². The number of para-hydroxylation sites is 3. The molecule has 0 saturated heterocycles. The van der Waals surface area contributed by atoms with Crippen LogP contribution in [0.1, 0.15) is 0 Å². The number of benzene rings is 8. The van der Waals surface area contributed by atoms with Crippen LogP contribution >= 0.6 is 22.7 Å². The molecule has 0 radical (unpaired) electrons. The maximum absolute atomic E-state index is 2.37. The number of fused-ring (bicyclic) bond motifs is 6. The van der Waals surface area contributed by atoms with Crippen molar-refractivity contribution in [2.45, 2.75) is 0 Å². The van der Waals surface area contributed by atoms with Crippen LogP contribution in [0.5, 0.6) is 0 Å². The Bertz CT molecular complexity index is 2800. The summed E-state index contributed by atoms with van der Waals surface area (Å²) in [5.74, 6) is 0. The zero-order valence-electron chi connectivity index (χ0n) is 28.2. The summed E-state index contributed by atoms with van der Waals surface area (Å²) in [6.45, 7) is 0. The summed E-state index contributed by atoms with van der Waals surface area (Å²) in [6, 6.07) is 70.3. The standard InChI is InChI=1S/C48H32N2S2/c1-4-12-35(13-5-1)49(36-14-6-2-7-15-36)39-26-29-47-44(31-39)43-30-34(22-28-46(43)51-47)33-20-23-38(24-21-33)50(37-16-8-3-9-17-37)40-25-27-42-41-18-10-11-19-45(41)52-48(42)32-40/h1-32H. The van der Waals surface area contributed by atoms with E-state index >= 15 is 0 Å². The van der Waals surface area contributed by atoms with E-state index in [1.165, 1.54) is 51.5 Å². The number of thiophene rings is 2. The van der Waals surface area contributed by atoms with Gasteiger partial charge in [0.1, 0.15) is 0 Å². The molecule has 0 unspecified atom stereocenters. The molecule has 0 aliphatic heterocycles. The third-order valence-electron chi connectivity index (χ3n) is 9.83. The van der Waals surface area contributed by atoms with Gasteiger partial charge in [-0.2, -0.15) is 0 Å². The highest BCUT2D eigenvalue weighted by atomic mass is 32.1. The molecule has 10 rings (SSSR count). The molecule has 52 heavy (non-hydrogen) atoms. The molecule has 4 heteroatoms.